The molecule has 0 spiro atoms. The number of carbonyl (C=O) groups is 3. The first kappa shape index (κ1) is 21.3. The lowest BCUT2D eigenvalue weighted by Crippen LogP contribution is -2.55. The van der Waals surface area contributed by atoms with Crippen LogP contribution in [0.2, 0.25) is 5.02 Å². The molecule has 1 aliphatic rings. The molecule has 1 saturated carbocycles. The quantitative estimate of drug-likeness (QED) is 0.500. The van der Waals surface area contributed by atoms with Crippen LogP contribution in [-0.2, 0) is 24.7 Å². The molecular weight excluding hydrogens is 410 g/mol. The van der Waals surface area contributed by atoms with Crippen LogP contribution in [0, 0.1) is 0 Å². The fraction of sp³-hybridized carbons (Fsp3) is 0.318. The monoisotopic (exact) mass is 431 g/mol. The van der Waals surface area contributed by atoms with Crippen molar-refractivity contribution in [1.29, 1.82) is 0 Å². The Morgan fingerprint density at radius 3 is 2.76 bits per heavy atom. The SMILES string of the molecule is CN(C(=O)COC(=O)/C=C/c1ccsc1)C1(c2ccccc2Cl)CCCCC1=O. The number of ketones is 1. The summed E-state index contributed by atoms with van der Waals surface area (Å²) in [6.45, 7) is -0.442. The van der Waals surface area contributed by atoms with Gasteiger partial charge in [0.25, 0.3) is 5.91 Å². The zero-order valence-corrected chi connectivity index (χ0v) is 17.7. The summed E-state index contributed by atoms with van der Waals surface area (Å²) < 4.78 is 5.10. The molecule has 152 valence electrons. The van der Waals surface area contributed by atoms with Crippen LogP contribution in [0.3, 0.4) is 0 Å². The second kappa shape index (κ2) is 9.37. The lowest BCUT2D eigenvalue weighted by Gasteiger charge is -2.43. The molecule has 2 aromatic rings. The third-order valence-corrected chi connectivity index (χ3v) is 6.24. The van der Waals surface area contributed by atoms with E-state index in [1.807, 2.05) is 16.8 Å². The van der Waals surface area contributed by atoms with Gasteiger partial charge in [0.2, 0.25) is 0 Å². The molecule has 1 aliphatic carbocycles. The first-order chi connectivity index (χ1) is 13.9. The predicted molar refractivity (Wildman–Crippen MR) is 114 cm³/mol. The maximum atomic E-state index is 13.0. The molecule has 0 radical (unpaired) electrons. The van der Waals surface area contributed by atoms with Crippen LogP contribution in [-0.4, -0.2) is 36.2 Å². The third-order valence-electron chi connectivity index (χ3n) is 5.21. The molecule has 0 bridgehead atoms. The maximum absolute atomic E-state index is 13.0. The smallest absolute Gasteiger partial charge is 0.331 e. The molecule has 1 atom stereocenters. The molecule has 1 heterocycles. The molecule has 7 heteroatoms. The molecule has 3 rings (SSSR count). The minimum atomic E-state index is -1.13. The average Bonchev–Trinajstić information content (AvgIpc) is 3.25. The minimum Gasteiger partial charge on any atom is -0.452 e. The van der Waals surface area contributed by atoms with E-state index in [0.717, 1.165) is 18.4 Å². The van der Waals surface area contributed by atoms with Crippen LogP contribution in [0.4, 0.5) is 0 Å². The number of carbonyl (C=O) groups excluding carboxylic acids is 3. The number of likely N-dealkylation sites (N-methyl/N-ethyl adjacent to an activating group) is 1. The van der Waals surface area contributed by atoms with Crippen LogP contribution in [0.25, 0.3) is 6.08 Å². The number of rotatable bonds is 6. The number of hydrogen-bond acceptors (Lipinski definition) is 5. The highest BCUT2D eigenvalue weighted by Crippen LogP contribution is 2.42. The van der Waals surface area contributed by atoms with Gasteiger partial charge in [-0.15, -0.1) is 0 Å². The van der Waals surface area contributed by atoms with Gasteiger partial charge < -0.3 is 9.64 Å². The number of hydrogen-bond donors (Lipinski definition) is 0. The predicted octanol–water partition coefficient (Wildman–Crippen LogP) is 4.45. The van der Waals surface area contributed by atoms with Crippen molar-refractivity contribution in [3.63, 3.8) is 0 Å². The second-order valence-electron chi connectivity index (χ2n) is 6.92. The van der Waals surface area contributed by atoms with Gasteiger partial charge in [0.1, 0.15) is 5.54 Å². The molecule has 5 nitrogen and oxygen atoms in total. The zero-order chi connectivity index (χ0) is 20.9. The van der Waals surface area contributed by atoms with E-state index in [0.29, 0.717) is 23.4 Å². The highest BCUT2D eigenvalue weighted by molar-refractivity contribution is 7.08. The summed E-state index contributed by atoms with van der Waals surface area (Å²) >= 11 is 7.92. The van der Waals surface area contributed by atoms with Crippen molar-refractivity contribution in [3.05, 3.63) is 63.3 Å². The van der Waals surface area contributed by atoms with Crippen molar-refractivity contribution in [2.45, 2.75) is 31.2 Å². The van der Waals surface area contributed by atoms with Crippen LogP contribution in [0.5, 0.6) is 0 Å². The Kier molecular flexibility index (Phi) is 6.87. The van der Waals surface area contributed by atoms with Gasteiger partial charge in [0.05, 0.1) is 0 Å². The van der Waals surface area contributed by atoms with E-state index in [9.17, 15) is 14.4 Å². The molecular formula is C22H22ClNO4S. The molecule has 1 fully saturated rings. The number of benzene rings is 1. The Hall–Kier alpha value is -2.44. The fourth-order valence-corrected chi connectivity index (χ4v) is 4.57. The highest BCUT2D eigenvalue weighted by Gasteiger charge is 2.47. The van der Waals surface area contributed by atoms with Crippen molar-refractivity contribution in [1.82, 2.24) is 4.90 Å². The van der Waals surface area contributed by atoms with Crippen LogP contribution in [0.15, 0.2) is 47.2 Å². The van der Waals surface area contributed by atoms with Gasteiger partial charge in [-0.3, -0.25) is 9.59 Å². The molecule has 1 aromatic heterocycles. The molecule has 29 heavy (non-hydrogen) atoms. The van der Waals surface area contributed by atoms with Gasteiger partial charge in [-0.25, -0.2) is 4.79 Å². The van der Waals surface area contributed by atoms with Crippen molar-refractivity contribution in [2.75, 3.05) is 13.7 Å². The van der Waals surface area contributed by atoms with E-state index in [1.165, 1.54) is 22.3 Å². The topological polar surface area (TPSA) is 63.7 Å². The van der Waals surface area contributed by atoms with E-state index < -0.39 is 24.0 Å². The number of amides is 1. The van der Waals surface area contributed by atoms with E-state index in [2.05, 4.69) is 0 Å². The van der Waals surface area contributed by atoms with Gasteiger partial charge in [-0.2, -0.15) is 11.3 Å². The number of esters is 1. The van der Waals surface area contributed by atoms with Crippen LogP contribution >= 0.6 is 22.9 Å². The van der Waals surface area contributed by atoms with E-state index in [4.69, 9.17) is 16.3 Å². The van der Waals surface area contributed by atoms with Gasteiger partial charge >= 0.3 is 5.97 Å². The van der Waals surface area contributed by atoms with Crippen molar-refractivity contribution < 1.29 is 19.1 Å². The third kappa shape index (κ3) is 4.60. The van der Waals surface area contributed by atoms with E-state index in [-0.39, 0.29) is 5.78 Å². The fourth-order valence-electron chi connectivity index (χ4n) is 3.65. The molecule has 0 N–H and O–H groups in total. The number of halogens is 1. The van der Waals surface area contributed by atoms with Crippen LogP contribution < -0.4 is 0 Å². The van der Waals surface area contributed by atoms with E-state index in [1.54, 1.807) is 37.4 Å². The lowest BCUT2D eigenvalue weighted by molar-refractivity contribution is -0.155. The summed E-state index contributed by atoms with van der Waals surface area (Å²) in [6, 6.07) is 8.96. The van der Waals surface area contributed by atoms with Crippen LogP contribution in [0.1, 0.15) is 36.8 Å². The Bertz CT molecular complexity index is 925. The van der Waals surface area contributed by atoms with Crippen molar-refractivity contribution in [3.8, 4) is 0 Å². The van der Waals surface area contributed by atoms with E-state index >= 15 is 0 Å². The summed E-state index contributed by atoms with van der Waals surface area (Å²) in [5.74, 6) is -1.10. The summed E-state index contributed by atoms with van der Waals surface area (Å²) in [6.07, 6.45) is 5.37. The number of thiophene rings is 1. The highest BCUT2D eigenvalue weighted by atomic mass is 35.5. The van der Waals surface area contributed by atoms with Crippen molar-refractivity contribution >= 4 is 46.7 Å². The van der Waals surface area contributed by atoms with Crippen molar-refractivity contribution in [2.24, 2.45) is 0 Å². The normalized spacial score (nSPS) is 19.3. The Morgan fingerprint density at radius 2 is 2.07 bits per heavy atom. The average molecular weight is 432 g/mol. The number of ether oxygens (including phenoxy) is 1. The lowest BCUT2D eigenvalue weighted by atomic mass is 9.74. The molecule has 0 aliphatic heterocycles. The maximum Gasteiger partial charge on any atom is 0.331 e. The number of Topliss-reactive ketones (excluding diaryl/α,β-unsaturated/α-hetero) is 1. The van der Waals surface area contributed by atoms with Gasteiger partial charge in [-0.1, -0.05) is 29.8 Å². The van der Waals surface area contributed by atoms with Gasteiger partial charge in [0, 0.05) is 30.1 Å². The molecule has 1 unspecified atom stereocenters. The molecule has 1 aromatic carbocycles. The molecule has 1 amide bonds. The summed E-state index contributed by atoms with van der Waals surface area (Å²) in [5, 5.41) is 4.24. The minimum absolute atomic E-state index is 0.0450. The Morgan fingerprint density at radius 1 is 1.28 bits per heavy atom. The second-order valence-corrected chi connectivity index (χ2v) is 8.11. The summed E-state index contributed by atoms with van der Waals surface area (Å²) in [5.41, 5.74) is 0.374. The van der Waals surface area contributed by atoms with Gasteiger partial charge in [0.15, 0.2) is 12.4 Å². The standard InChI is InChI=1S/C22H22ClNO4S/c1-24(20(26)14-28-21(27)10-9-16-11-13-29-15-16)22(12-5-4-8-19(22)25)17-6-2-3-7-18(17)23/h2-3,6-7,9-11,13,15H,4-5,8,12,14H2,1H3/b10-9+. The zero-order valence-electron chi connectivity index (χ0n) is 16.1. The van der Waals surface area contributed by atoms with Gasteiger partial charge in [-0.05, 0) is 53.8 Å². The summed E-state index contributed by atoms with van der Waals surface area (Å²) in [7, 11) is 1.57. The first-order valence-corrected chi connectivity index (χ1v) is 10.7. The Balaban J connectivity index is 1.75. The molecule has 0 saturated heterocycles. The number of nitrogens with zero attached hydrogens (tertiary/aromatic N) is 1. The summed E-state index contributed by atoms with van der Waals surface area (Å²) in [4.78, 5) is 39.2. The Labute approximate surface area is 178 Å². The first-order valence-electron chi connectivity index (χ1n) is 9.37. The largest absolute Gasteiger partial charge is 0.452 e.